The largest absolute Gasteiger partial charge is 0.508 e. The van der Waals surface area contributed by atoms with Crippen LogP contribution >= 0.6 is 0 Å². The van der Waals surface area contributed by atoms with E-state index >= 15 is 0 Å². The van der Waals surface area contributed by atoms with Crippen molar-refractivity contribution < 1.29 is 19.7 Å². The Labute approximate surface area is 116 Å². The van der Waals surface area contributed by atoms with Crippen LogP contribution in [0.4, 0.5) is 0 Å². The van der Waals surface area contributed by atoms with Gasteiger partial charge in [-0.1, -0.05) is 18.2 Å². The van der Waals surface area contributed by atoms with Gasteiger partial charge < -0.3 is 20.3 Å². The number of phenols is 2. The van der Waals surface area contributed by atoms with Crippen LogP contribution < -0.4 is 10.1 Å². The number of benzene rings is 2. The Hall–Kier alpha value is -2.69. The first kappa shape index (κ1) is 13.7. The normalized spacial score (nSPS) is 10.1. The number of para-hydroxylation sites is 1. The van der Waals surface area contributed by atoms with Gasteiger partial charge in [0.2, 0.25) is 0 Å². The highest BCUT2D eigenvalue weighted by Gasteiger charge is 2.12. The molecule has 0 unspecified atom stereocenters. The fourth-order valence-electron chi connectivity index (χ4n) is 1.76. The van der Waals surface area contributed by atoms with Gasteiger partial charge in [-0.15, -0.1) is 0 Å². The quantitative estimate of drug-likeness (QED) is 0.796. The number of methoxy groups -OCH3 is 1. The van der Waals surface area contributed by atoms with E-state index in [-0.39, 0.29) is 23.6 Å². The molecule has 0 heterocycles. The summed E-state index contributed by atoms with van der Waals surface area (Å²) in [6.45, 7) is 0.178. The van der Waals surface area contributed by atoms with Gasteiger partial charge in [-0.2, -0.15) is 0 Å². The zero-order valence-corrected chi connectivity index (χ0v) is 11.0. The maximum absolute atomic E-state index is 12.0. The SMILES string of the molecule is COc1ccc(C(=O)NCc2ccccc2O)c(O)c1. The van der Waals surface area contributed by atoms with Gasteiger partial charge in [0.1, 0.15) is 17.2 Å². The first-order chi connectivity index (χ1) is 9.61. The minimum absolute atomic E-state index is 0.117. The molecule has 2 aromatic rings. The predicted octanol–water partition coefficient (Wildman–Crippen LogP) is 2.04. The Bertz CT molecular complexity index is 625. The molecule has 0 spiro atoms. The maximum Gasteiger partial charge on any atom is 0.255 e. The van der Waals surface area contributed by atoms with Crippen molar-refractivity contribution in [3.05, 3.63) is 53.6 Å². The summed E-state index contributed by atoms with van der Waals surface area (Å²) in [5, 5.41) is 22.0. The number of phenolic OH excluding ortho intramolecular Hbond substituents is 2. The number of nitrogens with one attached hydrogen (secondary N) is 1. The van der Waals surface area contributed by atoms with E-state index in [1.54, 1.807) is 30.3 Å². The molecule has 1 amide bonds. The molecule has 0 radical (unpaired) electrons. The van der Waals surface area contributed by atoms with Crippen LogP contribution in [0.5, 0.6) is 17.2 Å². The van der Waals surface area contributed by atoms with Crippen molar-refractivity contribution in [2.24, 2.45) is 0 Å². The van der Waals surface area contributed by atoms with Gasteiger partial charge in [-0.05, 0) is 18.2 Å². The number of carbonyl (C=O) groups is 1. The molecular weight excluding hydrogens is 258 g/mol. The molecule has 0 aliphatic rings. The van der Waals surface area contributed by atoms with E-state index in [9.17, 15) is 15.0 Å². The van der Waals surface area contributed by atoms with Crippen LogP contribution in [0.2, 0.25) is 0 Å². The second-order valence-electron chi connectivity index (χ2n) is 4.19. The van der Waals surface area contributed by atoms with Crippen LogP contribution in [0.25, 0.3) is 0 Å². The van der Waals surface area contributed by atoms with E-state index in [1.807, 2.05) is 0 Å². The zero-order valence-electron chi connectivity index (χ0n) is 11.0. The number of carbonyl (C=O) groups excluding carboxylic acids is 1. The highest BCUT2D eigenvalue weighted by atomic mass is 16.5. The van der Waals surface area contributed by atoms with Crippen LogP contribution in [-0.2, 0) is 6.54 Å². The van der Waals surface area contributed by atoms with Gasteiger partial charge >= 0.3 is 0 Å². The van der Waals surface area contributed by atoms with E-state index in [0.717, 1.165) is 0 Å². The lowest BCUT2D eigenvalue weighted by molar-refractivity contribution is 0.0948. The average Bonchev–Trinajstić information content (AvgIpc) is 2.46. The average molecular weight is 273 g/mol. The lowest BCUT2D eigenvalue weighted by Gasteiger charge is -2.09. The topological polar surface area (TPSA) is 78.8 Å². The van der Waals surface area contributed by atoms with Crippen molar-refractivity contribution in [3.63, 3.8) is 0 Å². The number of rotatable bonds is 4. The summed E-state index contributed by atoms with van der Waals surface area (Å²) in [7, 11) is 1.48. The van der Waals surface area contributed by atoms with Crippen LogP contribution in [-0.4, -0.2) is 23.2 Å². The van der Waals surface area contributed by atoms with Gasteiger partial charge in [-0.3, -0.25) is 4.79 Å². The monoisotopic (exact) mass is 273 g/mol. The van der Waals surface area contributed by atoms with Crippen molar-refractivity contribution in [3.8, 4) is 17.2 Å². The van der Waals surface area contributed by atoms with E-state index in [0.29, 0.717) is 11.3 Å². The molecule has 104 valence electrons. The number of hydrogen-bond acceptors (Lipinski definition) is 4. The molecule has 0 saturated carbocycles. The molecule has 3 N–H and O–H groups in total. The second kappa shape index (κ2) is 5.97. The Kier molecular flexibility index (Phi) is 4.10. The molecular formula is C15H15NO4. The molecule has 2 rings (SSSR count). The van der Waals surface area contributed by atoms with Crippen molar-refractivity contribution in [2.45, 2.75) is 6.54 Å². The number of hydrogen-bond donors (Lipinski definition) is 3. The third-order valence-corrected chi connectivity index (χ3v) is 2.88. The predicted molar refractivity (Wildman–Crippen MR) is 73.9 cm³/mol. The first-order valence-corrected chi connectivity index (χ1v) is 6.04. The van der Waals surface area contributed by atoms with Gasteiger partial charge in [0, 0.05) is 18.2 Å². The highest BCUT2D eigenvalue weighted by Crippen LogP contribution is 2.23. The van der Waals surface area contributed by atoms with Crippen molar-refractivity contribution >= 4 is 5.91 Å². The minimum Gasteiger partial charge on any atom is -0.508 e. The molecule has 0 aliphatic carbocycles. The van der Waals surface area contributed by atoms with Gasteiger partial charge in [0.05, 0.1) is 12.7 Å². The summed E-state index contributed by atoms with van der Waals surface area (Å²) < 4.78 is 4.95. The Balaban J connectivity index is 2.07. The third-order valence-electron chi connectivity index (χ3n) is 2.88. The fraction of sp³-hybridized carbons (Fsp3) is 0.133. The standard InChI is InChI=1S/C15H15NO4/c1-20-11-6-7-12(14(18)8-11)15(19)16-9-10-4-2-3-5-13(10)17/h2-8,17-18H,9H2,1H3,(H,16,19). The van der Waals surface area contributed by atoms with Crippen LogP contribution in [0.15, 0.2) is 42.5 Å². The van der Waals surface area contributed by atoms with E-state index in [2.05, 4.69) is 5.32 Å². The second-order valence-corrected chi connectivity index (χ2v) is 4.19. The lowest BCUT2D eigenvalue weighted by Crippen LogP contribution is -2.22. The summed E-state index contributed by atoms with van der Waals surface area (Å²) >= 11 is 0. The molecule has 0 aromatic heterocycles. The van der Waals surface area contributed by atoms with Gasteiger partial charge in [-0.25, -0.2) is 0 Å². The van der Waals surface area contributed by atoms with Crippen molar-refractivity contribution in [1.82, 2.24) is 5.32 Å². The third kappa shape index (κ3) is 3.00. The number of aromatic hydroxyl groups is 2. The molecule has 20 heavy (non-hydrogen) atoms. The van der Waals surface area contributed by atoms with Crippen molar-refractivity contribution in [2.75, 3.05) is 7.11 Å². The summed E-state index contributed by atoms with van der Waals surface area (Å²) in [5.74, 6) is 0.0130. The molecule has 5 nitrogen and oxygen atoms in total. The molecule has 0 saturated heterocycles. The van der Waals surface area contributed by atoms with Gasteiger partial charge in [0.15, 0.2) is 0 Å². The van der Waals surface area contributed by atoms with Crippen molar-refractivity contribution in [1.29, 1.82) is 0 Å². The van der Waals surface area contributed by atoms with Crippen LogP contribution in [0, 0.1) is 0 Å². The molecule has 0 fully saturated rings. The summed E-state index contributed by atoms with van der Waals surface area (Å²) in [5.41, 5.74) is 0.759. The Morgan fingerprint density at radius 1 is 1.15 bits per heavy atom. The molecule has 0 bridgehead atoms. The molecule has 2 aromatic carbocycles. The first-order valence-electron chi connectivity index (χ1n) is 6.04. The summed E-state index contributed by atoms with van der Waals surface area (Å²) in [6, 6.07) is 11.2. The Morgan fingerprint density at radius 3 is 2.55 bits per heavy atom. The number of ether oxygens (including phenoxy) is 1. The highest BCUT2D eigenvalue weighted by molar-refractivity contribution is 5.97. The lowest BCUT2D eigenvalue weighted by atomic mass is 10.1. The van der Waals surface area contributed by atoms with E-state index in [4.69, 9.17) is 4.74 Å². The minimum atomic E-state index is -0.423. The van der Waals surface area contributed by atoms with Crippen LogP contribution in [0.1, 0.15) is 15.9 Å². The number of amides is 1. The van der Waals surface area contributed by atoms with Gasteiger partial charge in [0.25, 0.3) is 5.91 Å². The molecule has 0 aliphatic heterocycles. The molecule has 5 heteroatoms. The maximum atomic E-state index is 12.0. The fourth-order valence-corrected chi connectivity index (χ4v) is 1.76. The zero-order chi connectivity index (χ0) is 14.5. The van der Waals surface area contributed by atoms with Crippen LogP contribution in [0.3, 0.4) is 0 Å². The summed E-state index contributed by atoms with van der Waals surface area (Å²) in [4.78, 5) is 12.0. The summed E-state index contributed by atoms with van der Waals surface area (Å²) in [6.07, 6.45) is 0. The Morgan fingerprint density at radius 2 is 1.90 bits per heavy atom. The smallest absolute Gasteiger partial charge is 0.255 e. The van der Waals surface area contributed by atoms with E-state index < -0.39 is 5.91 Å². The molecule has 0 atom stereocenters. The van der Waals surface area contributed by atoms with E-state index in [1.165, 1.54) is 19.2 Å².